The van der Waals surface area contributed by atoms with Crippen LogP contribution in [-0.2, 0) is 14.6 Å². The van der Waals surface area contributed by atoms with Crippen LogP contribution in [0.15, 0.2) is 68.9 Å². The van der Waals surface area contributed by atoms with Gasteiger partial charge in [0.15, 0.2) is 0 Å². The van der Waals surface area contributed by atoms with E-state index in [0.717, 1.165) is 0 Å². The molecule has 0 radical (unpaired) electrons. The van der Waals surface area contributed by atoms with Gasteiger partial charge in [-0.25, -0.2) is 8.42 Å². The fourth-order valence-electron chi connectivity index (χ4n) is 2.73. The molecule has 0 atom stereocenters. The van der Waals surface area contributed by atoms with E-state index in [0.29, 0.717) is 25.1 Å². The van der Waals surface area contributed by atoms with Crippen molar-refractivity contribution in [1.82, 2.24) is 4.98 Å². The van der Waals surface area contributed by atoms with Gasteiger partial charge in [-0.2, -0.15) is 4.98 Å². The molecule has 1 heterocycles. The average molecular weight is 443 g/mol. The molecule has 0 aliphatic heterocycles. The van der Waals surface area contributed by atoms with E-state index in [2.05, 4.69) is 10.3 Å². The van der Waals surface area contributed by atoms with E-state index in [1.54, 1.807) is 43.5 Å². The fraction of sp³-hybridized carbons (Fsp3) is 0.190. The van der Waals surface area contributed by atoms with E-state index in [4.69, 9.17) is 9.15 Å². The highest BCUT2D eigenvalue weighted by molar-refractivity contribution is 7.91. The number of nitro groups is 1. The van der Waals surface area contributed by atoms with E-state index in [-0.39, 0.29) is 27.4 Å². The molecule has 0 unspecified atom stereocenters. The Balaban J connectivity index is 1.93. The van der Waals surface area contributed by atoms with Crippen molar-refractivity contribution in [1.29, 1.82) is 0 Å². The third-order valence-corrected chi connectivity index (χ3v) is 5.91. The number of nitrogens with one attached hydrogen (secondary N) is 1. The van der Waals surface area contributed by atoms with Crippen LogP contribution in [0.2, 0.25) is 0 Å². The molecule has 0 aliphatic rings. The SMILES string of the molecule is COCCCNc1oc(/C=C/c2cccc([N+](=O)[O-])c2)nc1S(=O)(=O)c1ccccc1. The van der Waals surface area contributed by atoms with Gasteiger partial charge in [-0.3, -0.25) is 10.1 Å². The Morgan fingerprint density at radius 2 is 1.94 bits per heavy atom. The molecule has 3 aromatic rings. The highest BCUT2D eigenvalue weighted by Gasteiger charge is 2.27. The summed E-state index contributed by atoms with van der Waals surface area (Å²) in [6.07, 6.45) is 3.66. The number of benzene rings is 2. The molecule has 0 saturated carbocycles. The zero-order valence-electron chi connectivity index (χ0n) is 16.7. The Labute approximate surface area is 179 Å². The molecule has 3 rings (SSSR count). The van der Waals surface area contributed by atoms with Gasteiger partial charge < -0.3 is 14.5 Å². The molecule has 0 spiro atoms. The van der Waals surface area contributed by atoms with Crippen molar-refractivity contribution in [2.45, 2.75) is 16.3 Å². The maximum Gasteiger partial charge on any atom is 0.270 e. The topological polar surface area (TPSA) is 125 Å². The van der Waals surface area contributed by atoms with Gasteiger partial charge >= 0.3 is 0 Å². The molecule has 0 fully saturated rings. The zero-order valence-corrected chi connectivity index (χ0v) is 17.5. The minimum Gasteiger partial charge on any atom is -0.420 e. The van der Waals surface area contributed by atoms with Crippen LogP contribution in [0.3, 0.4) is 0 Å². The van der Waals surface area contributed by atoms with Crippen molar-refractivity contribution < 1.29 is 22.5 Å². The number of nitrogens with zero attached hydrogens (tertiary/aromatic N) is 2. The number of sulfone groups is 1. The van der Waals surface area contributed by atoms with Gasteiger partial charge in [0, 0.05) is 38.5 Å². The normalized spacial score (nSPS) is 11.6. The lowest BCUT2D eigenvalue weighted by Gasteiger charge is -2.05. The van der Waals surface area contributed by atoms with E-state index in [1.807, 2.05) is 0 Å². The molecule has 1 N–H and O–H groups in total. The Morgan fingerprint density at radius 1 is 1.16 bits per heavy atom. The van der Waals surface area contributed by atoms with Crippen LogP contribution >= 0.6 is 0 Å². The number of aromatic nitrogens is 1. The maximum atomic E-state index is 13.1. The van der Waals surface area contributed by atoms with E-state index < -0.39 is 14.8 Å². The van der Waals surface area contributed by atoms with Gasteiger partial charge in [0.2, 0.25) is 26.6 Å². The van der Waals surface area contributed by atoms with Crippen LogP contribution in [-0.4, -0.2) is 38.6 Å². The predicted molar refractivity (Wildman–Crippen MR) is 115 cm³/mol. The van der Waals surface area contributed by atoms with Crippen LogP contribution in [0.25, 0.3) is 12.2 Å². The second kappa shape index (κ2) is 10.0. The summed E-state index contributed by atoms with van der Waals surface area (Å²) in [6, 6.07) is 14.0. The predicted octanol–water partition coefficient (Wildman–Crippen LogP) is 4.03. The van der Waals surface area contributed by atoms with Crippen LogP contribution < -0.4 is 5.32 Å². The maximum absolute atomic E-state index is 13.1. The largest absolute Gasteiger partial charge is 0.420 e. The lowest BCUT2D eigenvalue weighted by Crippen LogP contribution is -2.09. The molecule has 31 heavy (non-hydrogen) atoms. The van der Waals surface area contributed by atoms with Crippen molar-refractivity contribution in [3.8, 4) is 0 Å². The highest BCUT2D eigenvalue weighted by atomic mass is 32.2. The molecule has 0 amide bonds. The Morgan fingerprint density at radius 3 is 2.65 bits per heavy atom. The summed E-state index contributed by atoms with van der Waals surface area (Å²) in [5, 5.41) is 13.7. The molecule has 162 valence electrons. The minimum atomic E-state index is -3.91. The van der Waals surface area contributed by atoms with Crippen molar-refractivity contribution in [3.63, 3.8) is 0 Å². The third kappa shape index (κ3) is 5.56. The summed E-state index contributed by atoms with van der Waals surface area (Å²) in [5.41, 5.74) is 0.497. The van der Waals surface area contributed by atoms with Crippen molar-refractivity contribution in [2.24, 2.45) is 0 Å². The average Bonchev–Trinajstić information content (AvgIpc) is 3.20. The van der Waals surface area contributed by atoms with Gasteiger partial charge in [0.1, 0.15) is 0 Å². The molecule has 10 heteroatoms. The number of ether oxygens (including phenoxy) is 1. The van der Waals surface area contributed by atoms with Gasteiger partial charge in [0.05, 0.1) is 9.82 Å². The van der Waals surface area contributed by atoms with Gasteiger partial charge in [0.25, 0.3) is 5.69 Å². The van der Waals surface area contributed by atoms with Crippen molar-refractivity contribution >= 4 is 33.6 Å². The molecular formula is C21H21N3O6S. The fourth-order valence-corrected chi connectivity index (χ4v) is 4.03. The second-order valence-corrected chi connectivity index (χ2v) is 8.33. The summed E-state index contributed by atoms with van der Waals surface area (Å²) in [6.45, 7) is 0.926. The minimum absolute atomic E-state index is 0.0265. The Bertz CT molecular complexity index is 1170. The lowest BCUT2D eigenvalue weighted by molar-refractivity contribution is -0.384. The van der Waals surface area contributed by atoms with Crippen molar-refractivity contribution in [3.05, 3.63) is 76.2 Å². The van der Waals surface area contributed by atoms with Crippen LogP contribution in [0.5, 0.6) is 0 Å². The first-order valence-corrected chi connectivity index (χ1v) is 10.9. The van der Waals surface area contributed by atoms with Crippen LogP contribution in [0.1, 0.15) is 17.9 Å². The van der Waals surface area contributed by atoms with Crippen LogP contribution in [0, 0.1) is 10.1 Å². The smallest absolute Gasteiger partial charge is 0.270 e. The molecule has 0 saturated heterocycles. The van der Waals surface area contributed by atoms with Gasteiger partial charge in [-0.1, -0.05) is 30.3 Å². The van der Waals surface area contributed by atoms with Gasteiger partial charge in [-0.15, -0.1) is 0 Å². The number of anilines is 1. The summed E-state index contributed by atoms with van der Waals surface area (Å²) >= 11 is 0. The third-order valence-electron chi connectivity index (χ3n) is 4.23. The van der Waals surface area contributed by atoms with E-state index >= 15 is 0 Å². The summed E-state index contributed by atoms with van der Waals surface area (Å²) in [7, 11) is -2.33. The number of methoxy groups -OCH3 is 1. The zero-order chi connectivity index (χ0) is 22.3. The molecule has 1 aromatic heterocycles. The van der Waals surface area contributed by atoms with E-state index in [1.165, 1.54) is 30.3 Å². The number of nitro benzene ring substituents is 1. The molecule has 0 bridgehead atoms. The number of rotatable bonds is 10. The molecule has 2 aromatic carbocycles. The lowest BCUT2D eigenvalue weighted by atomic mass is 10.2. The first kappa shape index (κ1) is 22.2. The number of non-ortho nitro benzene ring substituents is 1. The Kier molecular flexibility index (Phi) is 7.16. The van der Waals surface area contributed by atoms with Gasteiger partial charge in [-0.05, 0) is 30.2 Å². The first-order chi connectivity index (χ1) is 14.9. The second-order valence-electron chi connectivity index (χ2n) is 6.46. The standard InChI is InChI=1S/C21H21N3O6S/c1-29-14-6-13-22-20-21(31(27,28)18-9-3-2-4-10-18)23-19(30-20)12-11-16-7-5-8-17(15-16)24(25)26/h2-5,7-12,15,22H,6,13-14H2,1H3/b12-11+. The Hall–Kier alpha value is -3.50. The summed E-state index contributed by atoms with van der Waals surface area (Å²) in [5.74, 6) is 0.0777. The molecule has 0 aliphatic carbocycles. The van der Waals surface area contributed by atoms with Crippen LogP contribution in [0.4, 0.5) is 11.6 Å². The number of hydrogen-bond acceptors (Lipinski definition) is 8. The number of hydrogen-bond donors (Lipinski definition) is 1. The molecule has 9 nitrogen and oxygen atoms in total. The monoisotopic (exact) mass is 443 g/mol. The van der Waals surface area contributed by atoms with E-state index in [9.17, 15) is 18.5 Å². The quantitative estimate of drug-likeness (QED) is 0.283. The highest BCUT2D eigenvalue weighted by Crippen LogP contribution is 2.29. The summed E-state index contributed by atoms with van der Waals surface area (Å²) < 4.78 is 36.8. The summed E-state index contributed by atoms with van der Waals surface area (Å²) in [4.78, 5) is 14.7. The van der Waals surface area contributed by atoms with Crippen molar-refractivity contribution in [2.75, 3.05) is 25.6 Å². The molecular weight excluding hydrogens is 422 g/mol. The number of oxazole rings is 1. The first-order valence-electron chi connectivity index (χ1n) is 9.38.